The molecule has 8 nitrogen and oxygen atoms in total. The number of nitrogens with zero attached hydrogens (tertiary/aromatic N) is 2. The van der Waals surface area contributed by atoms with E-state index >= 15 is 0 Å². The minimum atomic E-state index is -0.556. The van der Waals surface area contributed by atoms with Crippen molar-refractivity contribution in [3.63, 3.8) is 0 Å². The number of halogens is 1. The first-order chi connectivity index (χ1) is 13.0. The van der Waals surface area contributed by atoms with E-state index in [9.17, 15) is 14.4 Å². The lowest BCUT2D eigenvalue weighted by Crippen LogP contribution is -2.57. The third-order valence-electron chi connectivity index (χ3n) is 4.10. The van der Waals surface area contributed by atoms with Crippen molar-refractivity contribution in [2.45, 2.75) is 39.3 Å². The Kier molecular flexibility index (Phi) is 7.29. The Morgan fingerprint density at radius 1 is 1.18 bits per heavy atom. The summed E-state index contributed by atoms with van der Waals surface area (Å²) >= 11 is 3.33. The van der Waals surface area contributed by atoms with E-state index in [0.29, 0.717) is 25.3 Å². The molecule has 0 radical (unpaired) electrons. The van der Waals surface area contributed by atoms with Crippen molar-refractivity contribution in [2.75, 3.05) is 31.5 Å². The van der Waals surface area contributed by atoms with Crippen LogP contribution in [0.25, 0.3) is 0 Å². The molecule has 2 N–H and O–H groups in total. The average molecular weight is 455 g/mol. The van der Waals surface area contributed by atoms with Gasteiger partial charge < -0.3 is 25.2 Å². The molecule has 4 amide bonds. The molecule has 0 bridgehead atoms. The van der Waals surface area contributed by atoms with Gasteiger partial charge in [-0.2, -0.15) is 0 Å². The predicted octanol–water partition coefficient (Wildman–Crippen LogP) is 3.04. The maximum atomic E-state index is 12.5. The van der Waals surface area contributed by atoms with Gasteiger partial charge in [0.15, 0.2) is 0 Å². The highest BCUT2D eigenvalue weighted by Crippen LogP contribution is 2.15. The highest BCUT2D eigenvalue weighted by atomic mass is 79.9. The van der Waals surface area contributed by atoms with Crippen molar-refractivity contribution in [3.8, 4) is 0 Å². The van der Waals surface area contributed by atoms with E-state index in [-0.39, 0.29) is 24.6 Å². The summed E-state index contributed by atoms with van der Waals surface area (Å²) in [5.74, 6) is -0.192. The molecule has 9 heteroatoms. The van der Waals surface area contributed by atoms with Gasteiger partial charge in [-0.1, -0.05) is 15.9 Å². The Labute approximate surface area is 173 Å². The van der Waals surface area contributed by atoms with Crippen molar-refractivity contribution in [1.29, 1.82) is 0 Å². The SMILES string of the molecule is CC1CN(C(=O)OC(C)(C)C)CCN1C(=O)CNC(=O)Nc1ccc(Br)cc1. The summed E-state index contributed by atoms with van der Waals surface area (Å²) in [5, 5.41) is 5.24. The van der Waals surface area contributed by atoms with Gasteiger partial charge in [-0.25, -0.2) is 9.59 Å². The van der Waals surface area contributed by atoms with E-state index in [1.54, 1.807) is 21.9 Å². The maximum absolute atomic E-state index is 12.5. The first-order valence-electron chi connectivity index (χ1n) is 9.13. The molecule has 0 saturated carbocycles. The number of amides is 4. The largest absolute Gasteiger partial charge is 0.444 e. The molecule has 154 valence electrons. The number of rotatable bonds is 3. The lowest BCUT2D eigenvalue weighted by Gasteiger charge is -2.40. The quantitative estimate of drug-likeness (QED) is 0.733. The van der Waals surface area contributed by atoms with Crippen molar-refractivity contribution < 1.29 is 19.1 Å². The molecule has 1 aliphatic heterocycles. The summed E-state index contributed by atoms with van der Waals surface area (Å²) in [6.45, 7) is 8.41. The highest BCUT2D eigenvalue weighted by Gasteiger charge is 2.31. The molecule has 1 unspecified atom stereocenters. The molecule has 1 aliphatic rings. The number of ether oxygens (including phenoxy) is 1. The normalized spacial score (nSPS) is 17.1. The smallest absolute Gasteiger partial charge is 0.410 e. The fourth-order valence-corrected chi connectivity index (χ4v) is 3.05. The van der Waals surface area contributed by atoms with Crippen LogP contribution >= 0.6 is 15.9 Å². The van der Waals surface area contributed by atoms with E-state index in [1.807, 2.05) is 39.8 Å². The number of hydrogen-bond acceptors (Lipinski definition) is 4. The van der Waals surface area contributed by atoms with Gasteiger partial charge in [0, 0.05) is 35.8 Å². The third kappa shape index (κ3) is 6.70. The Balaban J connectivity index is 1.79. The highest BCUT2D eigenvalue weighted by molar-refractivity contribution is 9.10. The van der Waals surface area contributed by atoms with Crippen molar-refractivity contribution in [3.05, 3.63) is 28.7 Å². The molecule has 1 saturated heterocycles. The molecule has 1 heterocycles. The molecule has 28 heavy (non-hydrogen) atoms. The van der Waals surface area contributed by atoms with E-state index in [2.05, 4.69) is 26.6 Å². The second-order valence-electron chi connectivity index (χ2n) is 7.68. The summed E-state index contributed by atoms with van der Waals surface area (Å²) in [4.78, 5) is 39.9. The number of hydrogen-bond donors (Lipinski definition) is 2. The number of carbonyl (C=O) groups is 3. The van der Waals surface area contributed by atoms with Crippen LogP contribution in [-0.2, 0) is 9.53 Å². The van der Waals surface area contributed by atoms with E-state index in [4.69, 9.17) is 4.74 Å². The molecule has 1 aromatic carbocycles. The van der Waals surface area contributed by atoms with Crippen LogP contribution in [0.15, 0.2) is 28.7 Å². The minimum Gasteiger partial charge on any atom is -0.444 e. The van der Waals surface area contributed by atoms with Crippen LogP contribution in [0.5, 0.6) is 0 Å². The summed E-state index contributed by atoms with van der Waals surface area (Å²) in [6, 6.07) is 6.52. The van der Waals surface area contributed by atoms with E-state index in [0.717, 1.165) is 4.47 Å². The van der Waals surface area contributed by atoms with Crippen LogP contribution in [0, 0.1) is 0 Å². The van der Waals surface area contributed by atoms with Crippen LogP contribution in [0.2, 0.25) is 0 Å². The fourth-order valence-electron chi connectivity index (χ4n) is 2.79. The second-order valence-corrected chi connectivity index (χ2v) is 8.59. The van der Waals surface area contributed by atoms with Gasteiger partial charge in [0.1, 0.15) is 5.60 Å². The van der Waals surface area contributed by atoms with Crippen molar-refractivity contribution in [2.24, 2.45) is 0 Å². The zero-order chi connectivity index (χ0) is 20.9. The Bertz CT molecular complexity index is 718. The van der Waals surface area contributed by atoms with Gasteiger partial charge in [0.05, 0.1) is 6.54 Å². The summed E-state index contributed by atoms with van der Waals surface area (Å²) in [7, 11) is 0. The number of benzene rings is 1. The third-order valence-corrected chi connectivity index (χ3v) is 4.63. The molecule has 0 aromatic heterocycles. The van der Waals surface area contributed by atoms with Crippen LogP contribution in [0.3, 0.4) is 0 Å². The number of nitrogens with one attached hydrogen (secondary N) is 2. The molecule has 1 aromatic rings. The van der Waals surface area contributed by atoms with Crippen LogP contribution in [-0.4, -0.2) is 65.7 Å². The lowest BCUT2D eigenvalue weighted by molar-refractivity contribution is -0.134. The number of anilines is 1. The summed E-state index contributed by atoms with van der Waals surface area (Å²) in [6.07, 6.45) is -0.376. The van der Waals surface area contributed by atoms with Gasteiger partial charge in [-0.3, -0.25) is 4.79 Å². The number of piperazine rings is 1. The Morgan fingerprint density at radius 3 is 2.39 bits per heavy atom. The van der Waals surface area contributed by atoms with Crippen molar-refractivity contribution >= 4 is 39.6 Å². The van der Waals surface area contributed by atoms with Gasteiger partial charge >= 0.3 is 12.1 Å². The summed E-state index contributed by atoms with van der Waals surface area (Å²) < 4.78 is 6.29. The predicted molar refractivity (Wildman–Crippen MR) is 110 cm³/mol. The summed E-state index contributed by atoms with van der Waals surface area (Å²) in [5.41, 5.74) is 0.0758. The molecule has 0 aliphatic carbocycles. The van der Waals surface area contributed by atoms with Gasteiger partial charge in [-0.15, -0.1) is 0 Å². The minimum absolute atomic E-state index is 0.112. The topological polar surface area (TPSA) is 91.0 Å². The maximum Gasteiger partial charge on any atom is 0.410 e. The van der Waals surface area contributed by atoms with Crippen LogP contribution < -0.4 is 10.6 Å². The van der Waals surface area contributed by atoms with Gasteiger partial charge in [0.2, 0.25) is 5.91 Å². The Hall–Kier alpha value is -2.29. The molecular formula is C19H27BrN4O4. The monoisotopic (exact) mass is 454 g/mol. The zero-order valence-corrected chi connectivity index (χ0v) is 18.2. The number of carbonyl (C=O) groups excluding carboxylic acids is 3. The average Bonchev–Trinajstić information content (AvgIpc) is 2.60. The first kappa shape index (κ1) is 22.0. The Morgan fingerprint density at radius 2 is 1.82 bits per heavy atom. The van der Waals surface area contributed by atoms with Gasteiger partial charge in [0.25, 0.3) is 0 Å². The molecular weight excluding hydrogens is 428 g/mol. The van der Waals surface area contributed by atoms with E-state index < -0.39 is 11.6 Å². The lowest BCUT2D eigenvalue weighted by atomic mass is 10.2. The molecule has 0 spiro atoms. The standard InChI is InChI=1S/C19H27BrN4O4/c1-13-12-23(18(27)28-19(2,3)4)9-10-24(13)16(25)11-21-17(26)22-15-7-5-14(20)6-8-15/h5-8,13H,9-12H2,1-4H3,(H2,21,22,26). The molecule has 1 fully saturated rings. The number of urea groups is 1. The zero-order valence-electron chi connectivity index (χ0n) is 16.6. The molecule has 2 rings (SSSR count). The van der Waals surface area contributed by atoms with Crippen molar-refractivity contribution in [1.82, 2.24) is 15.1 Å². The molecule has 1 atom stereocenters. The first-order valence-corrected chi connectivity index (χ1v) is 9.92. The van der Waals surface area contributed by atoms with E-state index in [1.165, 1.54) is 0 Å². The van der Waals surface area contributed by atoms with Gasteiger partial charge in [-0.05, 0) is 52.0 Å². The fraction of sp³-hybridized carbons (Fsp3) is 0.526. The van der Waals surface area contributed by atoms with Crippen LogP contribution in [0.4, 0.5) is 15.3 Å². The van der Waals surface area contributed by atoms with Crippen LogP contribution in [0.1, 0.15) is 27.7 Å². The second kappa shape index (κ2) is 9.27.